The van der Waals surface area contributed by atoms with Crippen LogP contribution in [0.2, 0.25) is 22.0 Å². The van der Waals surface area contributed by atoms with E-state index in [1.807, 2.05) is 4.90 Å². The quantitative estimate of drug-likeness (QED) is 0.307. The van der Waals surface area contributed by atoms with E-state index in [0.29, 0.717) is 11.3 Å². The zero-order valence-electron chi connectivity index (χ0n) is 26.4. The molecular weight excluding hydrogens is 660 g/mol. The van der Waals surface area contributed by atoms with Crippen molar-refractivity contribution >= 4 is 35.0 Å². The van der Waals surface area contributed by atoms with E-state index in [1.165, 1.54) is 46.9 Å². The van der Waals surface area contributed by atoms with Crippen molar-refractivity contribution in [1.82, 2.24) is 29.3 Å². The summed E-state index contributed by atoms with van der Waals surface area (Å²) >= 11 is -2.17. The van der Waals surface area contributed by atoms with Gasteiger partial charge >= 0.3 is 232 Å². The Morgan fingerprint density at radius 1 is 1.16 bits per heavy atom. The molecule has 3 aromatic heterocycles. The van der Waals surface area contributed by atoms with Crippen molar-refractivity contribution in [2.24, 2.45) is 12.5 Å². The summed E-state index contributed by atoms with van der Waals surface area (Å²) in [5.41, 5.74) is -2.17. The molecule has 1 aliphatic rings. The molecule has 16 heteroatoms. The van der Waals surface area contributed by atoms with Gasteiger partial charge in [-0.3, -0.25) is 0 Å². The molecule has 1 amide bonds. The van der Waals surface area contributed by atoms with Gasteiger partial charge in [0.05, 0.1) is 0 Å². The third kappa shape index (κ3) is 6.92. The zero-order valence-corrected chi connectivity index (χ0v) is 29.4. The summed E-state index contributed by atoms with van der Waals surface area (Å²) in [5.74, 6) is 6.68. The number of aromatic nitrogens is 5. The second-order valence-corrected chi connectivity index (χ2v) is 27.0. The molecule has 1 aliphatic heterocycles. The number of anilines is 1. The number of carbonyl (C=O) groups is 1. The van der Waals surface area contributed by atoms with Gasteiger partial charge in [-0.15, -0.1) is 0 Å². The number of ether oxygens (including phenoxy) is 1. The first-order valence-electron chi connectivity index (χ1n) is 14.1. The summed E-state index contributed by atoms with van der Waals surface area (Å²) in [6.45, 7) is 7.77. The third-order valence-corrected chi connectivity index (χ3v) is 15.5. The van der Waals surface area contributed by atoms with Crippen LogP contribution in [0.4, 0.5) is 19.0 Å². The standard InChI is InChI=1S/C28H40F3GeN7O4S/c1-18-21(16-37(9)34-18)44(41,42)36-25(40)20-10-11-22(33-24(20)38-15-19(32(6,7)8)14-27(38,4)5)39-13-12-23(35-39)43-17-26(2,3)28(29,30)31/h10-13,16,19H,14-15,17H2,1-9H3,(H,36,40). The molecule has 0 bridgehead atoms. The number of sulfonamides is 1. The van der Waals surface area contributed by atoms with Gasteiger partial charge in [0.1, 0.15) is 0 Å². The van der Waals surface area contributed by atoms with Crippen LogP contribution in [0.15, 0.2) is 35.5 Å². The monoisotopic (exact) mass is 701 g/mol. The maximum atomic E-state index is 13.6. The molecule has 4 rings (SSSR count). The molecule has 3 aromatic rings. The van der Waals surface area contributed by atoms with Crippen molar-refractivity contribution < 1.29 is 31.1 Å². The van der Waals surface area contributed by atoms with Crippen molar-refractivity contribution in [1.29, 1.82) is 0 Å². The molecule has 0 aromatic carbocycles. The van der Waals surface area contributed by atoms with Crippen molar-refractivity contribution in [3.8, 4) is 11.7 Å². The first kappa shape index (κ1) is 33.8. The first-order valence-corrected chi connectivity index (χ1v) is 23.1. The van der Waals surface area contributed by atoms with Crippen LogP contribution in [0, 0.1) is 12.3 Å². The molecular formula is C28H40F3GeN7O4S. The van der Waals surface area contributed by atoms with E-state index >= 15 is 0 Å². The number of hydrogen-bond acceptors (Lipinski definition) is 8. The Kier molecular flexibility index (Phi) is 8.74. The third-order valence-electron chi connectivity index (χ3n) is 8.10. The number of amides is 1. The van der Waals surface area contributed by atoms with E-state index in [-0.39, 0.29) is 33.7 Å². The van der Waals surface area contributed by atoms with Crippen molar-refractivity contribution in [2.45, 2.75) is 79.7 Å². The second-order valence-electron chi connectivity index (χ2n) is 13.7. The van der Waals surface area contributed by atoms with Crippen LogP contribution in [0.3, 0.4) is 0 Å². The molecule has 0 radical (unpaired) electrons. The normalized spacial score (nSPS) is 17.6. The summed E-state index contributed by atoms with van der Waals surface area (Å²) in [6, 6.07) is 4.41. The fourth-order valence-corrected chi connectivity index (χ4v) is 10.1. The molecule has 0 saturated carbocycles. The molecule has 44 heavy (non-hydrogen) atoms. The molecule has 1 saturated heterocycles. The van der Waals surface area contributed by atoms with Gasteiger partial charge in [0.2, 0.25) is 0 Å². The molecule has 0 spiro atoms. The number of carbonyl (C=O) groups excluding carboxylic acids is 1. The van der Waals surface area contributed by atoms with E-state index in [2.05, 4.69) is 46.0 Å². The van der Waals surface area contributed by atoms with E-state index < -0.39 is 52.9 Å². The van der Waals surface area contributed by atoms with Gasteiger partial charge in [0, 0.05) is 0 Å². The Morgan fingerprint density at radius 3 is 2.36 bits per heavy atom. The van der Waals surface area contributed by atoms with E-state index in [1.54, 1.807) is 7.05 Å². The number of halogens is 3. The summed E-state index contributed by atoms with van der Waals surface area (Å²) in [5, 5.41) is 8.33. The van der Waals surface area contributed by atoms with Gasteiger partial charge in [-0.1, -0.05) is 0 Å². The average Bonchev–Trinajstić information content (AvgIpc) is 3.57. The van der Waals surface area contributed by atoms with Gasteiger partial charge in [-0.25, -0.2) is 0 Å². The van der Waals surface area contributed by atoms with Crippen LogP contribution < -0.4 is 14.4 Å². The minimum atomic E-state index is -4.46. The molecule has 1 N–H and O–H groups in total. The molecule has 1 unspecified atom stereocenters. The van der Waals surface area contributed by atoms with Crippen LogP contribution in [0.5, 0.6) is 5.88 Å². The van der Waals surface area contributed by atoms with Crippen LogP contribution >= 0.6 is 0 Å². The Bertz CT molecular complexity index is 1660. The maximum absolute atomic E-state index is 13.6. The zero-order chi connectivity index (χ0) is 33.0. The van der Waals surface area contributed by atoms with Crippen LogP contribution in [-0.2, 0) is 17.1 Å². The van der Waals surface area contributed by atoms with Gasteiger partial charge < -0.3 is 0 Å². The van der Waals surface area contributed by atoms with Crippen molar-refractivity contribution in [3.05, 3.63) is 41.9 Å². The van der Waals surface area contributed by atoms with E-state index in [4.69, 9.17) is 9.72 Å². The Labute approximate surface area is 258 Å². The average molecular weight is 700 g/mol. The van der Waals surface area contributed by atoms with E-state index in [9.17, 15) is 26.4 Å². The Balaban J connectivity index is 1.72. The molecule has 11 nitrogen and oxygen atoms in total. The predicted molar refractivity (Wildman–Crippen MR) is 162 cm³/mol. The van der Waals surface area contributed by atoms with E-state index in [0.717, 1.165) is 20.3 Å². The Hall–Kier alpha value is -3.08. The number of pyridine rings is 1. The van der Waals surface area contributed by atoms with Gasteiger partial charge in [0.15, 0.2) is 0 Å². The number of aryl methyl sites for hydroxylation is 2. The number of rotatable bonds is 9. The van der Waals surface area contributed by atoms with Crippen LogP contribution in [0.25, 0.3) is 5.82 Å². The van der Waals surface area contributed by atoms with Crippen molar-refractivity contribution in [3.63, 3.8) is 0 Å². The fourth-order valence-electron chi connectivity index (χ4n) is 5.07. The SMILES string of the molecule is Cc1nn(C)cc1S(=O)(=O)NC(=O)c1ccc(-n2ccc(OCC(C)(C)C(F)(F)F)n2)nc1N1C[CH]([Ge]([CH3])([CH3])[CH3])CC1(C)C. The van der Waals surface area contributed by atoms with Gasteiger partial charge in [-0.2, -0.15) is 13.2 Å². The topological polar surface area (TPSA) is 124 Å². The van der Waals surface area contributed by atoms with Gasteiger partial charge in [-0.05, 0) is 13.8 Å². The number of nitrogens with zero attached hydrogens (tertiary/aromatic N) is 6. The Morgan fingerprint density at radius 2 is 1.82 bits per heavy atom. The predicted octanol–water partition coefficient (Wildman–Crippen LogP) is 5.09. The number of hydrogen-bond donors (Lipinski definition) is 1. The van der Waals surface area contributed by atoms with Crippen LogP contribution in [0.1, 0.15) is 50.2 Å². The minimum absolute atomic E-state index is 0.0205. The molecule has 1 fully saturated rings. The first-order chi connectivity index (χ1) is 20.0. The molecule has 0 aliphatic carbocycles. The summed E-state index contributed by atoms with van der Waals surface area (Å²) in [6.07, 6.45) is -0.752. The second kappa shape index (κ2) is 11.4. The summed E-state index contributed by atoms with van der Waals surface area (Å²) < 4.78 is 76.9. The molecule has 4 heterocycles. The van der Waals surface area contributed by atoms with Crippen LogP contribution in [-0.4, -0.2) is 77.0 Å². The van der Waals surface area contributed by atoms with Crippen molar-refractivity contribution in [2.75, 3.05) is 18.1 Å². The molecule has 242 valence electrons. The fraction of sp³-hybridized carbons (Fsp3) is 0.571. The molecule has 1 atom stereocenters. The van der Waals surface area contributed by atoms with Gasteiger partial charge in [0.25, 0.3) is 0 Å². The summed E-state index contributed by atoms with van der Waals surface area (Å²) in [7, 11) is -2.66. The number of nitrogens with one attached hydrogen (secondary N) is 1. The summed E-state index contributed by atoms with van der Waals surface area (Å²) in [4.78, 5) is 20.3. The number of alkyl halides is 3.